The summed E-state index contributed by atoms with van der Waals surface area (Å²) in [7, 11) is 0. The van der Waals surface area contributed by atoms with Gasteiger partial charge in [-0.15, -0.1) is 0 Å². The molecule has 0 saturated carbocycles. The van der Waals surface area contributed by atoms with Crippen molar-refractivity contribution in [1.82, 2.24) is 0 Å². The van der Waals surface area contributed by atoms with Crippen molar-refractivity contribution in [3.63, 3.8) is 0 Å². The van der Waals surface area contributed by atoms with Gasteiger partial charge in [-0.05, 0) is 41.5 Å². The van der Waals surface area contributed by atoms with Gasteiger partial charge >= 0.3 is 5.97 Å². The van der Waals surface area contributed by atoms with Crippen LogP contribution >= 0.6 is 22.6 Å². The molecular weight excluding hydrogens is 319 g/mol. The highest BCUT2D eigenvalue weighted by atomic mass is 127. The first-order valence-electron chi connectivity index (χ1n) is 5.71. The van der Waals surface area contributed by atoms with Crippen molar-refractivity contribution in [1.29, 1.82) is 0 Å². The van der Waals surface area contributed by atoms with Crippen LogP contribution < -0.4 is 0 Å². The topological polar surface area (TPSA) is 35.5 Å². The minimum atomic E-state index is -0.246. The van der Waals surface area contributed by atoms with E-state index < -0.39 is 0 Å². The van der Waals surface area contributed by atoms with Crippen LogP contribution in [-0.4, -0.2) is 24.8 Å². The van der Waals surface area contributed by atoms with E-state index in [9.17, 15) is 4.79 Å². The van der Waals surface area contributed by atoms with E-state index in [4.69, 9.17) is 9.47 Å². The number of ether oxygens (including phenoxy) is 2. The van der Waals surface area contributed by atoms with Gasteiger partial charge in [0.15, 0.2) is 0 Å². The van der Waals surface area contributed by atoms with E-state index >= 15 is 0 Å². The molecule has 0 aromatic rings. The molecule has 92 valence electrons. The van der Waals surface area contributed by atoms with Gasteiger partial charge in [0.05, 0.1) is 12.7 Å². The average Bonchev–Trinajstić information content (AvgIpc) is 2.23. The highest BCUT2D eigenvalue weighted by molar-refractivity contribution is 14.1. The van der Waals surface area contributed by atoms with E-state index in [1.54, 1.807) is 0 Å². The number of carbonyl (C=O) groups is 1. The summed E-state index contributed by atoms with van der Waals surface area (Å²) < 4.78 is 12.1. The van der Waals surface area contributed by atoms with Gasteiger partial charge in [0.25, 0.3) is 0 Å². The Morgan fingerprint density at radius 1 is 1.62 bits per heavy atom. The van der Waals surface area contributed by atoms with Crippen molar-refractivity contribution >= 4 is 28.6 Å². The zero-order valence-corrected chi connectivity index (χ0v) is 12.2. The Kier molecular flexibility index (Phi) is 5.75. The Balaban J connectivity index is 2.64. The predicted octanol–water partition coefficient (Wildman–Crippen LogP) is 3.22. The molecule has 0 spiro atoms. The van der Waals surface area contributed by atoms with Gasteiger partial charge in [-0.2, -0.15) is 0 Å². The van der Waals surface area contributed by atoms with Crippen LogP contribution in [0.5, 0.6) is 0 Å². The van der Waals surface area contributed by atoms with Crippen LogP contribution in [0.25, 0.3) is 0 Å². The molecule has 3 nitrogen and oxygen atoms in total. The van der Waals surface area contributed by atoms with Gasteiger partial charge in [0, 0.05) is 10.5 Å². The fraction of sp³-hybridized carbons (Fsp3) is 0.750. The largest absolute Gasteiger partial charge is 0.456 e. The van der Waals surface area contributed by atoms with Gasteiger partial charge in [-0.3, -0.25) is 4.79 Å². The summed E-state index contributed by atoms with van der Waals surface area (Å²) in [5.74, 6) is -0.246. The van der Waals surface area contributed by atoms with Crippen molar-refractivity contribution < 1.29 is 14.3 Å². The molecule has 0 radical (unpaired) electrons. The Labute approximate surface area is 111 Å². The van der Waals surface area contributed by atoms with Crippen LogP contribution in [0.1, 0.15) is 40.0 Å². The number of unbranched alkanes of at least 4 members (excludes halogenated alkanes) is 1. The lowest BCUT2D eigenvalue weighted by Gasteiger charge is -2.30. The lowest BCUT2D eigenvalue weighted by Crippen LogP contribution is -2.33. The molecule has 0 bridgehead atoms. The molecule has 0 aromatic heterocycles. The number of halogens is 1. The predicted molar refractivity (Wildman–Crippen MR) is 71.5 cm³/mol. The summed E-state index contributed by atoms with van der Waals surface area (Å²) in [6.07, 6.45) is 3.41. The summed E-state index contributed by atoms with van der Waals surface area (Å²) in [5, 5.41) is 0. The van der Waals surface area contributed by atoms with Crippen LogP contribution in [0.4, 0.5) is 0 Å². The summed E-state index contributed by atoms with van der Waals surface area (Å²) >= 11 is 2.31. The van der Waals surface area contributed by atoms with Gasteiger partial charge in [0.1, 0.15) is 6.10 Å². The first-order chi connectivity index (χ1) is 7.56. The summed E-state index contributed by atoms with van der Waals surface area (Å²) in [6, 6.07) is 0. The van der Waals surface area contributed by atoms with E-state index in [1.807, 2.05) is 6.92 Å². The van der Waals surface area contributed by atoms with Crippen LogP contribution in [0.15, 0.2) is 9.15 Å². The zero-order valence-electron chi connectivity index (χ0n) is 10.1. The molecule has 1 rings (SSSR count). The molecule has 0 unspecified atom stereocenters. The minimum Gasteiger partial charge on any atom is -0.456 e. The molecule has 1 aliphatic heterocycles. The van der Waals surface area contributed by atoms with Crippen molar-refractivity contribution in [2.45, 2.75) is 52.2 Å². The van der Waals surface area contributed by atoms with Crippen LogP contribution in [0.2, 0.25) is 0 Å². The first-order valence-corrected chi connectivity index (χ1v) is 6.79. The number of hydrogen-bond acceptors (Lipinski definition) is 3. The molecule has 0 N–H and O–H groups in total. The maximum Gasteiger partial charge on any atom is 0.303 e. The second-order valence-corrected chi connectivity index (χ2v) is 5.26. The van der Waals surface area contributed by atoms with Crippen molar-refractivity contribution in [2.24, 2.45) is 0 Å². The monoisotopic (exact) mass is 338 g/mol. The Morgan fingerprint density at radius 3 is 2.88 bits per heavy atom. The summed E-state index contributed by atoms with van der Waals surface area (Å²) in [4.78, 5) is 10.9. The minimum absolute atomic E-state index is 0.192. The summed E-state index contributed by atoms with van der Waals surface area (Å²) in [5.41, 5.74) is 1.14. The van der Waals surface area contributed by atoms with Gasteiger partial charge in [0.2, 0.25) is 0 Å². The number of esters is 1. The van der Waals surface area contributed by atoms with Crippen molar-refractivity contribution in [2.75, 3.05) is 6.61 Å². The molecule has 1 aliphatic rings. The van der Waals surface area contributed by atoms with Crippen molar-refractivity contribution in [3.8, 4) is 0 Å². The third-order valence-corrected chi connectivity index (χ3v) is 4.26. The molecule has 0 aromatic carbocycles. The first kappa shape index (κ1) is 14.0. The SMILES string of the molecule is CCCC[C@H]1OC[C@H](OC(C)=O)C(C)=C1I. The van der Waals surface area contributed by atoms with Crippen LogP contribution in [0, 0.1) is 0 Å². The molecule has 0 aliphatic carbocycles. The zero-order chi connectivity index (χ0) is 12.1. The lowest BCUT2D eigenvalue weighted by atomic mass is 10.0. The number of hydrogen-bond donors (Lipinski definition) is 0. The molecule has 0 fully saturated rings. The lowest BCUT2D eigenvalue weighted by molar-refractivity contribution is -0.148. The standard InChI is InChI=1S/C12H19IO3/c1-4-5-6-10-12(13)8(2)11(7-15-10)16-9(3)14/h10-11H,4-7H2,1-3H3/t10-,11+/m1/s1. The van der Waals surface area contributed by atoms with Gasteiger partial charge in [-0.25, -0.2) is 0 Å². The fourth-order valence-electron chi connectivity index (χ4n) is 1.73. The van der Waals surface area contributed by atoms with Crippen LogP contribution in [0.3, 0.4) is 0 Å². The second kappa shape index (κ2) is 6.59. The molecule has 16 heavy (non-hydrogen) atoms. The Morgan fingerprint density at radius 2 is 2.31 bits per heavy atom. The second-order valence-electron chi connectivity index (χ2n) is 4.09. The Hall–Kier alpha value is -0.100. The maximum atomic E-state index is 10.9. The molecule has 1 heterocycles. The molecule has 0 saturated heterocycles. The quantitative estimate of drug-likeness (QED) is 0.583. The third-order valence-electron chi connectivity index (χ3n) is 2.72. The van der Waals surface area contributed by atoms with Crippen LogP contribution in [-0.2, 0) is 14.3 Å². The average molecular weight is 338 g/mol. The number of rotatable bonds is 4. The molecular formula is C12H19IO3. The normalized spacial score (nSPS) is 25.8. The van der Waals surface area contributed by atoms with Gasteiger partial charge < -0.3 is 9.47 Å². The molecule has 0 amide bonds. The van der Waals surface area contributed by atoms with E-state index in [0.717, 1.165) is 12.0 Å². The smallest absolute Gasteiger partial charge is 0.303 e. The van der Waals surface area contributed by atoms with E-state index in [1.165, 1.54) is 23.3 Å². The highest BCUT2D eigenvalue weighted by Crippen LogP contribution is 2.31. The molecule has 4 heteroatoms. The van der Waals surface area contributed by atoms with Gasteiger partial charge in [-0.1, -0.05) is 19.8 Å². The Bertz CT molecular complexity index is 286. The van der Waals surface area contributed by atoms with E-state index in [2.05, 4.69) is 29.5 Å². The van der Waals surface area contributed by atoms with E-state index in [0.29, 0.717) is 6.61 Å². The summed E-state index contributed by atoms with van der Waals surface area (Å²) in [6.45, 7) is 6.13. The maximum absolute atomic E-state index is 10.9. The fourth-order valence-corrected chi connectivity index (χ4v) is 2.57. The highest BCUT2D eigenvalue weighted by Gasteiger charge is 2.28. The number of carbonyl (C=O) groups excluding carboxylic acids is 1. The third kappa shape index (κ3) is 3.73. The van der Waals surface area contributed by atoms with Crippen molar-refractivity contribution in [3.05, 3.63) is 9.15 Å². The van der Waals surface area contributed by atoms with E-state index in [-0.39, 0.29) is 18.2 Å². The molecule has 2 atom stereocenters.